The quantitative estimate of drug-likeness (QED) is 0.466. The Bertz CT molecular complexity index is 1110. The standard InChI is InChI=1S/C28H37NO6S/c1-29-36(31,32)26-15-16-28(18-26,27(30)33-2)20-35-24-13-11-22(12-14-24)23-9-6-10-25(17-23)34-19-21-7-4-3-5-8-21/h3-10,17,22,24,26,29H,11-16,18-20H2,1-2H3/t22?,24?,26-,28-/m0/s1. The third-order valence-electron chi connectivity index (χ3n) is 7.75. The molecule has 0 spiro atoms. The second-order valence-electron chi connectivity index (χ2n) is 10.0. The molecular weight excluding hydrogens is 478 g/mol. The summed E-state index contributed by atoms with van der Waals surface area (Å²) in [5, 5.41) is -0.600. The SMILES string of the molecule is CNS(=O)(=O)[C@H]1CC[C@](COC2CCC(c3cccc(OCc4ccccc4)c3)CC2)(C(=O)OC)C1. The fourth-order valence-electron chi connectivity index (χ4n) is 5.54. The molecule has 7 nitrogen and oxygen atoms in total. The van der Waals surface area contributed by atoms with Crippen molar-refractivity contribution in [3.8, 4) is 5.75 Å². The summed E-state index contributed by atoms with van der Waals surface area (Å²) in [5.74, 6) is 0.940. The maximum Gasteiger partial charge on any atom is 0.314 e. The van der Waals surface area contributed by atoms with Gasteiger partial charge in [0, 0.05) is 0 Å². The number of methoxy groups -OCH3 is 1. The van der Waals surface area contributed by atoms with Crippen molar-refractivity contribution in [2.45, 2.75) is 68.8 Å². The summed E-state index contributed by atoms with van der Waals surface area (Å²) in [7, 11) is -0.675. The molecule has 2 aliphatic carbocycles. The lowest BCUT2D eigenvalue weighted by Gasteiger charge is -2.32. The van der Waals surface area contributed by atoms with Gasteiger partial charge in [-0.1, -0.05) is 42.5 Å². The zero-order valence-corrected chi connectivity index (χ0v) is 22.0. The van der Waals surface area contributed by atoms with E-state index in [9.17, 15) is 13.2 Å². The third-order valence-corrected chi connectivity index (χ3v) is 9.60. The average molecular weight is 516 g/mol. The first-order valence-electron chi connectivity index (χ1n) is 12.7. The number of hydrogen-bond acceptors (Lipinski definition) is 6. The minimum Gasteiger partial charge on any atom is -0.489 e. The van der Waals surface area contributed by atoms with Crippen LogP contribution in [0.4, 0.5) is 0 Å². The largest absolute Gasteiger partial charge is 0.489 e. The van der Waals surface area contributed by atoms with E-state index >= 15 is 0 Å². The van der Waals surface area contributed by atoms with Gasteiger partial charge in [-0.2, -0.15) is 0 Å². The summed E-state index contributed by atoms with van der Waals surface area (Å²) in [6.07, 6.45) is 4.95. The molecule has 36 heavy (non-hydrogen) atoms. The van der Waals surface area contributed by atoms with Crippen LogP contribution in [0.15, 0.2) is 54.6 Å². The summed E-state index contributed by atoms with van der Waals surface area (Å²) in [5.41, 5.74) is 1.52. The van der Waals surface area contributed by atoms with E-state index in [0.717, 1.165) is 37.0 Å². The average Bonchev–Trinajstić information content (AvgIpc) is 3.38. The maximum absolute atomic E-state index is 12.7. The van der Waals surface area contributed by atoms with E-state index < -0.39 is 20.7 Å². The predicted octanol–water partition coefficient (Wildman–Crippen LogP) is 4.57. The van der Waals surface area contributed by atoms with E-state index in [2.05, 4.69) is 29.0 Å². The van der Waals surface area contributed by atoms with Crippen molar-refractivity contribution in [3.05, 3.63) is 65.7 Å². The number of esters is 1. The molecule has 0 amide bonds. The summed E-state index contributed by atoms with van der Waals surface area (Å²) in [6, 6.07) is 18.5. The first-order chi connectivity index (χ1) is 17.3. The van der Waals surface area contributed by atoms with Crippen LogP contribution in [0.5, 0.6) is 5.75 Å². The van der Waals surface area contributed by atoms with Crippen LogP contribution in [0.1, 0.15) is 62.0 Å². The van der Waals surface area contributed by atoms with Gasteiger partial charge in [0.2, 0.25) is 10.0 Å². The highest BCUT2D eigenvalue weighted by molar-refractivity contribution is 7.90. The molecule has 2 aliphatic rings. The van der Waals surface area contributed by atoms with Crippen LogP contribution >= 0.6 is 0 Å². The Balaban J connectivity index is 1.30. The molecule has 2 atom stereocenters. The molecule has 2 saturated carbocycles. The lowest BCUT2D eigenvalue weighted by atomic mass is 9.82. The summed E-state index contributed by atoms with van der Waals surface area (Å²) >= 11 is 0. The zero-order valence-electron chi connectivity index (χ0n) is 21.1. The molecule has 0 aliphatic heterocycles. The Kier molecular flexibility index (Phi) is 8.70. The monoisotopic (exact) mass is 515 g/mol. The van der Waals surface area contributed by atoms with Gasteiger partial charge in [0.25, 0.3) is 0 Å². The van der Waals surface area contributed by atoms with Gasteiger partial charge in [-0.15, -0.1) is 0 Å². The first-order valence-corrected chi connectivity index (χ1v) is 14.3. The molecule has 0 radical (unpaired) electrons. The number of hydrogen-bond donors (Lipinski definition) is 1. The minimum absolute atomic E-state index is 0.0558. The molecular formula is C28H37NO6S. The van der Waals surface area contributed by atoms with Gasteiger partial charge in [0.05, 0.1) is 30.5 Å². The van der Waals surface area contributed by atoms with Crippen molar-refractivity contribution in [1.82, 2.24) is 4.72 Å². The van der Waals surface area contributed by atoms with E-state index in [1.54, 1.807) is 0 Å². The second kappa shape index (κ2) is 11.8. The number of nitrogens with one attached hydrogen (secondary N) is 1. The summed E-state index contributed by atoms with van der Waals surface area (Å²) < 4.78 is 44.3. The number of sulfonamides is 1. The molecule has 0 bridgehead atoms. The molecule has 8 heteroatoms. The summed E-state index contributed by atoms with van der Waals surface area (Å²) in [6.45, 7) is 0.747. The Morgan fingerprint density at radius 1 is 1.03 bits per heavy atom. The van der Waals surface area contributed by atoms with Crippen molar-refractivity contribution in [3.63, 3.8) is 0 Å². The van der Waals surface area contributed by atoms with Crippen LogP contribution in [-0.4, -0.2) is 46.5 Å². The van der Waals surface area contributed by atoms with Crippen molar-refractivity contribution >= 4 is 16.0 Å². The van der Waals surface area contributed by atoms with Crippen LogP contribution in [0.25, 0.3) is 0 Å². The molecule has 1 N–H and O–H groups in total. The van der Waals surface area contributed by atoms with E-state index in [-0.39, 0.29) is 25.1 Å². The first kappa shape index (κ1) is 26.6. The third kappa shape index (κ3) is 6.28. The minimum atomic E-state index is -3.44. The van der Waals surface area contributed by atoms with E-state index in [1.165, 1.54) is 19.7 Å². The van der Waals surface area contributed by atoms with Gasteiger partial charge in [0.15, 0.2) is 0 Å². The lowest BCUT2D eigenvalue weighted by molar-refractivity contribution is -0.158. The van der Waals surface area contributed by atoms with E-state index in [4.69, 9.17) is 14.2 Å². The summed E-state index contributed by atoms with van der Waals surface area (Å²) in [4.78, 5) is 12.7. The molecule has 4 rings (SSSR count). The molecule has 0 heterocycles. The van der Waals surface area contributed by atoms with Gasteiger partial charge in [-0.3, -0.25) is 4.79 Å². The highest BCUT2D eigenvalue weighted by atomic mass is 32.2. The number of carbonyl (C=O) groups excluding carboxylic acids is 1. The van der Waals surface area contributed by atoms with Gasteiger partial charge in [0.1, 0.15) is 12.4 Å². The van der Waals surface area contributed by atoms with E-state index in [1.807, 2.05) is 30.3 Å². The molecule has 2 aromatic carbocycles. The molecule has 0 saturated heterocycles. The molecule has 196 valence electrons. The molecule has 2 aromatic rings. The Morgan fingerprint density at radius 3 is 2.47 bits per heavy atom. The van der Waals surface area contributed by atoms with Gasteiger partial charge >= 0.3 is 5.97 Å². The fraction of sp³-hybridized carbons (Fsp3) is 0.536. The number of carbonyl (C=O) groups is 1. The second-order valence-corrected chi connectivity index (χ2v) is 12.2. The molecule has 0 unspecified atom stereocenters. The van der Waals surface area contributed by atoms with Gasteiger partial charge in [-0.05, 0) is 81.2 Å². The van der Waals surface area contributed by atoms with Crippen molar-refractivity contribution in [2.75, 3.05) is 20.8 Å². The van der Waals surface area contributed by atoms with Crippen molar-refractivity contribution in [2.24, 2.45) is 5.41 Å². The molecule has 0 aromatic heterocycles. The number of rotatable bonds is 10. The number of benzene rings is 2. The lowest BCUT2D eigenvalue weighted by Crippen LogP contribution is -2.39. The van der Waals surface area contributed by atoms with Gasteiger partial charge in [-0.25, -0.2) is 13.1 Å². The van der Waals surface area contributed by atoms with Gasteiger partial charge < -0.3 is 14.2 Å². The van der Waals surface area contributed by atoms with Crippen LogP contribution in [0.2, 0.25) is 0 Å². The smallest absolute Gasteiger partial charge is 0.314 e. The van der Waals surface area contributed by atoms with E-state index in [0.29, 0.717) is 25.4 Å². The topological polar surface area (TPSA) is 90.9 Å². The van der Waals surface area contributed by atoms with Crippen molar-refractivity contribution < 1.29 is 27.4 Å². The zero-order chi connectivity index (χ0) is 25.6. The maximum atomic E-state index is 12.7. The Hall–Kier alpha value is -2.42. The normalized spacial score (nSPS) is 26.4. The number of ether oxygens (including phenoxy) is 3. The Labute approximate surface area is 214 Å². The van der Waals surface area contributed by atoms with Crippen LogP contribution in [0, 0.1) is 5.41 Å². The highest BCUT2D eigenvalue weighted by Crippen LogP contribution is 2.43. The van der Waals surface area contributed by atoms with Crippen LogP contribution < -0.4 is 9.46 Å². The Morgan fingerprint density at radius 2 is 1.78 bits per heavy atom. The van der Waals surface area contributed by atoms with Crippen LogP contribution in [-0.2, 0) is 30.9 Å². The fourth-order valence-corrected chi connectivity index (χ4v) is 6.84. The van der Waals surface area contributed by atoms with Crippen molar-refractivity contribution in [1.29, 1.82) is 0 Å². The van der Waals surface area contributed by atoms with Crippen LogP contribution in [0.3, 0.4) is 0 Å². The molecule has 2 fully saturated rings. The highest BCUT2D eigenvalue weighted by Gasteiger charge is 2.50. The predicted molar refractivity (Wildman–Crippen MR) is 138 cm³/mol.